The summed E-state index contributed by atoms with van der Waals surface area (Å²) in [7, 11) is -3.47. The molecule has 0 radical (unpaired) electrons. The Hall–Kier alpha value is -3.51. The van der Waals surface area contributed by atoms with E-state index in [0.29, 0.717) is 15.9 Å². The summed E-state index contributed by atoms with van der Waals surface area (Å²) in [6.07, 6.45) is 3.32. The molecule has 12 heteroatoms. The third-order valence-corrected chi connectivity index (χ3v) is 7.71. The van der Waals surface area contributed by atoms with Gasteiger partial charge in [0.05, 0.1) is 5.52 Å². The van der Waals surface area contributed by atoms with E-state index < -0.39 is 15.5 Å². The van der Waals surface area contributed by atoms with Crippen LogP contribution in [-0.2, 0) is 10.0 Å². The van der Waals surface area contributed by atoms with E-state index in [1.807, 2.05) is 65.7 Å². The molecule has 182 valence electrons. The molecule has 4 aromatic rings. The number of alkyl halides is 3. The first kappa shape index (κ1) is 23.2. The normalized spacial score (nSPS) is 15.5. The Bertz CT molecular complexity index is 1580. The van der Waals surface area contributed by atoms with E-state index in [2.05, 4.69) is 10.2 Å². The van der Waals surface area contributed by atoms with E-state index in [0.717, 1.165) is 33.3 Å². The molecule has 0 amide bonds. The monoisotopic (exact) mass is 502 g/mol. The van der Waals surface area contributed by atoms with Crippen molar-refractivity contribution in [3.63, 3.8) is 0 Å². The predicted octanol–water partition coefficient (Wildman–Crippen LogP) is 4.29. The molecule has 35 heavy (non-hydrogen) atoms. The largest absolute Gasteiger partial charge is 0.511 e. The average molecular weight is 503 g/mol. The van der Waals surface area contributed by atoms with Crippen LogP contribution in [0.3, 0.4) is 0 Å². The third-order valence-electron chi connectivity index (χ3n) is 6.12. The van der Waals surface area contributed by atoms with Crippen LogP contribution < -0.4 is 4.90 Å². The number of nitrogens with zero attached hydrogens (tertiary/aromatic N) is 6. The summed E-state index contributed by atoms with van der Waals surface area (Å²) >= 11 is 0. The molecule has 0 aliphatic carbocycles. The maximum Gasteiger partial charge on any atom is 0.511 e. The van der Waals surface area contributed by atoms with Gasteiger partial charge in [0.15, 0.2) is 0 Å². The standard InChI is InChI=1S/C23H21F3N6O2S/c1-15-6-7-19-20(12-15)32-14-27-29-22(32)28-21(19)30(2)18-5-3-4-17(13-18)16-8-10-31(11-9-16)35(33,34)23(24,25)26/h3-8,12-14H,9-11H2,1-2H3. The predicted molar refractivity (Wildman–Crippen MR) is 127 cm³/mol. The maximum atomic E-state index is 12.9. The molecule has 0 saturated carbocycles. The van der Waals surface area contributed by atoms with Crippen LogP contribution in [0.5, 0.6) is 0 Å². The van der Waals surface area contributed by atoms with Gasteiger partial charge in [-0.15, -0.1) is 10.2 Å². The van der Waals surface area contributed by atoms with E-state index >= 15 is 0 Å². The van der Waals surface area contributed by atoms with Gasteiger partial charge < -0.3 is 4.90 Å². The smallest absolute Gasteiger partial charge is 0.329 e. The lowest BCUT2D eigenvalue weighted by Gasteiger charge is -2.27. The highest BCUT2D eigenvalue weighted by molar-refractivity contribution is 7.90. The Morgan fingerprint density at radius 3 is 2.63 bits per heavy atom. The minimum absolute atomic E-state index is 0.175. The lowest BCUT2D eigenvalue weighted by atomic mass is 9.99. The number of anilines is 2. The fraction of sp³-hybridized carbons (Fsp3) is 0.261. The van der Waals surface area contributed by atoms with Crippen LogP contribution in [0.1, 0.15) is 17.5 Å². The topological polar surface area (TPSA) is 83.7 Å². The Morgan fingerprint density at radius 1 is 1.11 bits per heavy atom. The lowest BCUT2D eigenvalue weighted by Crippen LogP contribution is -2.42. The zero-order valence-electron chi connectivity index (χ0n) is 18.9. The van der Waals surface area contributed by atoms with E-state index in [1.54, 1.807) is 6.33 Å². The van der Waals surface area contributed by atoms with Crippen LogP contribution in [0, 0.1) is 6.92 Å². The summed E-state index contributed by atoms with van der Waals surface area (Å²) in [5, 5.41) is 8.98. The summed E-state index contributed by atoms with van der Waals surface area (Å²) in [6, 6.07) is 13.6. The van der Waals surface area contributed by atoms with Crippen LogP contribution in [-0.4, -0.2) is 58.0 Å². The molecule has 0 spiro atoms. The second kappa shape index (κ2) is 8.31. The van der Waals surface area contributed by atoms with Gasteiger partial charge in [-0.1, -0.05) is 24.3 Å². The first-order valence-corrected chi connectivity index (χ1v) is 12.2. The maximum absolute atomic E-state index is 12.9. The van der Waals surface area contributed by atoms with Crippen LogP contribution >= 0.6 is 0 Å². The molecule has 2 aromatic heterocycles. The Morgan fingerprint density at radius 2 is 1.91 bits per heavy atom. The highest BCUT2D eigenvalue weighted by atomic mass is 32.2. The van der Waals surface area contributed by atoms with Gasteiger partial charge in [-0.2, -0.15) is 22.5 Å². The van der Waals surface area contributed by atoms with Crippen LogP contribution in [0.4, 0.5) is 24.7 Å². The summed E-state index contributed by atoms with van der Waals surface area (Å²) < 4.78 is 64.3. The van der Waals surface area contributed by atoms with Crippen LogP contribution in [0.2, 0.25) is 0 Å². The molecule has 0 atom stereocenters. The molecule has 0 N–H and O–H groups in total. The first-order chi connectivity index (χ1) is 16.6. The zero-order chi connectivity index (χ0) is 25.0. The molecule has 3 heterocycles. The van der Waals surface area contributed by atoms with Gasteiger partial charge in [0.2, 0.25) is 0 Å². The molecule has 0 unspecified atom stereocenters. The summed E-state index contributed by atoms with van der Waals surface area (Å²) in [5.41, 5.74) is -0.899. The van der Waals surface area contributed by atoms with Crippen molar-refractivity contribution in [2.45, 2.75) is 18.9 Å². The van der Waals surface area contributed by atoms with Crippen molar-refractivity contribution in [1.29, 1.82) is 0 Å². The fourth-order valence-electron chi connectivity index (χ4n) is 4.23. The van der Waals surface area contributed by atoms with Crippen LogP contribution in [0.25, 0.3) is 22.3 Å². The number of aromatic nitrogens is 4. The van der Waals surface area contributed by atoms with Crippen molar-refractivity contribution in [1.82, 2.24) is 23.9 Å². The molecule has 1 aliphatic heterocycles. The number of sulfonamides is 1. The van der Waals surface area contributed by atoms with E-state index in [-0.39, 0.29) is 19.5 Å². The van der Waals surface area contributed by atoms with E-state index in [9.17, 15) is 21.6 Å². The first-order valence-electron chi connectivity index (χ1n) is 10.8. The van der Waals surface area contributed by atoms with Crippen molar-refractivity contribution in [2.24, 2.45) is 0 Å². The minimum atomic E-state index is -5.34. The Labute approximate surface area is 199 Å². The number of aryl methyl sites for hydroxylation is 1. The molecule has 1 aliphatic rings. The molecule has 2 aromatic carbocycles. The van der Waals surface area contributed by atoms with Gasteiger partial charge in [-0.05, 0) is 54.3 Å². The molecule has 8 nitrogen and oxygen atoms in total. The van der Waals surface area contributed by atoms with Crippen molar-refractivity contribution in [3.05, 3.63) is 66.0 Å². The van der Waals surface area contributed by atoms with Crippen molar-refractivity contribution in [3.8, 4) is 0 Å². The number of halogens is 3. The molecule has 0 saturated heterocycles. The second-order valence-electron chi connectivity index (χ2n) is 8.35. The van der Waals surface area contributed by atoms with Crippen molar-refractivity contribution < 1.29 is 21.6 Å². The number of rotatable bonds is 4. The van der Waals surface area contributed by atoms with Gasteiger partial charge >= 0.3 is 15.5 Å². The van der Waals surface area contributed by atoms with Crippen LogP contribution in [0.15, 0.2) is 54.9 Å². The molecule has 5 rings (SSSR count). The van der Waals surface area contributed by atoms with Gasteiger partial charge in [0, 0.05) is 31.2 Å². The molecule has 0 fully saturated rings. The summed E-state index contributed by atoms with van der Waals surface area (Å²) in [5.74, 6) is 1.14. The van der Waals surface area contributed by atoms with Crippen molar-refractivity contribution >= 4 is 43.8 Å². The van der Waals surface area contributed by atoms with Gasteiger partial charge in [-0.25, -0.2) is 8.42 Å². The number of hydrogen-bond donors (Lipinski definition) is 0. The highest BCUT2D eigenvalue weighted by Gasteiger charge is 2.49. The minimum Gasteiger partial charge on any atom is -0.329 e. The molecular weight excluding hydrogens is 481 g/mol. The quantitative estimate of drug-likeness (QED) is 0.414. The van der Waals surface area contributed by atoms with Gasteiger partial charge in [-0.3, -0.25) is 4.40 Å². The summed E-state index contributed by atoms with van der Waals surface area (Å²) in [6.45, 7) is 1.44. The van der Waals surface area contributed by atoms with E-state index in [1.165, 1.54) is 6.08 Å². The van der Waals surface area contributed by atoms with Crippen molar-refractivity contribution in [2.75, 3.05) is 25.0 Å². The lowest BCUT2D eigenvalue weighted by molar-refractivity contribution is -0.0486. The molecule has 0 bridgehead atoms. The third kappa shape index (κ3) is 4.02. The molecular formula is C23H21F3N6O2S. The SMILES string of the molecule is Cc1ccc2c(N(C)c3cccc(C4=CCN(S(=O)(=O)C(F)(F)F)CC4)c3)nc3nncn3c2c1. The highest BCUT2D eigenvalue weighted by Crippen LogP contribution is 2.34. The van der Waals surface area contributed by atoms with Gasteiger partial charge in [0.1, 0.15) is 12.1 Å². The Kier molecular flexibility index (Phi) is 5.52. The Balaban J connectivity index is 1.49. The number of hydrogen-bond acceptors (Lipinski definition) is 6. The van der Waals surface area contributed by atoms with E-state index in [4.69, 9.17) is 4.98 Å². The van der Waals surface area contributed by atoms with Gasteiger partial charge in [0.25, 0.3) is 5.78 Å². The number of fused-ring (bicyclic) bond motifs is 3. The average Bonchev–Trinajstić information content (AvgIpc) is 3.31. The fourth-order valence-corrected chi connectivity index (χ4v) is 5.12. The number of benzene rings is 2. The second-order valence-corrected chi connectivity index (χ2v) is 10.3. The zero-order valence-corrected chi connectivity index (χ0v) is 19.7. The summed E-state index contributed by atoms with van der Waals surface area (Å²) in [4.78, 5) is 6.61.